The third kappa shape index (κ3) is 4.22. The van der Waals surface area contributed by atoms with Crippen LogP contribution in [0.25, 0.3) is 5.65 Å². The smallest absolute Gasteiger partial charge is 0.303 e. The number of fused-ring (bicyclic) bond motifs is 1. The lowest BCUT2D eigenvalue weighted by Gasteiger charge is -2.16. The SMILES string of the molecule is CCOc1cccn2c(C(=O)C[C@@H](CCC(=O)O)c3ccccc3)c(C)nc12. The molecule has 2 aromatic heterocycles. The molecule has 0 aliphatic heterocycles. The maximum absolute atomic E-state index is 13.2. The first-order chi connectivity index (χ1) is 13.5. The van der Waals surface area contributed by atoms with Crippen LogP contribution in [0.2, 0.25) is 0 Å². The molecule has 0 aliphatic rings. The van der Waals surface area contributed by atoms with E-state index < -0.39 is 5.97 Å². The molecule has 1 aromatic carbocycles. The van der Waals surface area contributed by atoms with Crippen molar-refractivity contribution in [3.63, 3.8) is 0 Å². The fraction of sp³-hybridized carbons (Fsp3) is 0.318. The van der Waals surface area contributed by atoms with E-state index in [1.54, 1.807) is 10.6 Å². The van der Waals surface area contributed by atoms with Crippen LogP contribution in [0.4, 0.5) is 0 Å². The molecule has 0 amide bonds. The molecule has 0 saturated heterocycles. The second-order valence-corrected chi connectivity index (χ2v) is 6.71. The molecule has 0 radical (unpaired) electrons. The molecule has 1 atom stereocenters. The van der Waals surface area contributed by atoms with Gasteiger partial charge in [0.1, 0.15) is 5.69 Å². The van der Waals surface area contributed by atoms with Gasteiger partial charge in [0.15, 0.2) is 17.2 Å². The van der Waals surface area contributed by atoms with Gasteiger partial charge in [-0.05, 0) is 43.9 Å². The third-order valence-electron chi connectivity index (χ3n) is 4.76. The highest BCUT2D eigenvalue weighted by molar-refractivity contribution is 5.97. The van der Waals surface area contributed by atoms with Crippen LogP contribution in [0, 0.1) is 6.92 Å². The summed E-state index contributed by atoms with van der Waals surface area (Å²) in [6, 6.07) is 13.3. The maximum atomic E-state index is 13.2. The summed E-state index contributed by atoms with van der Waals surface area (Å²) >= 11 is 0. The maximum Gasteiger partial charge on any atom is 0.303 e. The van der Waals surface area contributed by atoms with E-state index in [-0.39, 0.29) is 24.5 Å². The number of carbonyl (C=O) groups is 2. The predicted octanol–water partition coefficient (Wildman–Crippen LogP) is 4.26. The summed E-state index contributed by atoms with van der Waals surface area (Å²) in [5, 5.41) is 9.08. The Morgan fingerprint density at radius 2 is 1.93 bits per heavy atom. The number of aliphatic carboxylic acids is 1. The number of benzene rings is 1. The Kier molecular flexibility index (Phi) is 6.09. The molecule has 0 saturated carbocycles. The Balaban J connectivity index is 1.92. The number of imidazole rings is 1. The zero-order valence-corrected chi connectivity index (χ0v) is 16.1. The summed E-state index contributed by atoms with van der Waals surface area (Å²) in [5.74, 6) is -0.443. The van der Waals surface area contributed by atoms with Crippen molar-refractivity contribution >= 4 is 17.4 Å². The molecule has 6 heteroatoms. The van der Waals surface area contributed by atoms with Gasteiger partial charge in [-0.15, -0.1) is 0 Å². The number of Topliss-reactive ketones (excluding diaryl/α,β-unsaturated/α-hetero) is 1. The van der Waals surface area contributed by atoms with Crippen LogP contribution in [0.5, 0.6) is 5.75 Å². The molecule has 2 heterocycles. The van der Waals surface area contributed by atoms with E-state index in [9.17, 15) is 9.59 Å². The molecule has 6 nitrogen and oxygen atoms in total. The second kappa shape index (κ2) is 8.69. The van der Waals surface area contributed by atoms with Gasteiger partial charge >= 0.3 is 5.97 Å². The van der Waals surface area contributed by atoms with Crippen molar-refractivity contribution in [1.29, 1.82) is 0 Å². The molecule has 0 aliphatic carbocycles. The number of aryl methyl sites for hydroxylation is 1. The van der Waals surface area contributed by atoms with Crippen LogP contribution in [-0.4, -0.2) is 32.9 Å². The summed E-state index contributed by atoms with van der Waals surface area (Å²) < 4.78 is 7.39. The van der Waals surface area contributed by atoms with Gasteiger partial charge in [0.25, 0.3) is 0 Å². The van der Waals surface area contributed by atoms with Gasteiger partial charge in [-0.3, -0.25) is 14.0 Å². The van der Waals surface area contributed by atoms with Crippen molar-refractivity contribution < 1.29 is 19.4 Å². The van der Waals surface area contributed by atoms with Gasteiger partial charge in [-0.2, -0.15) is 0 Å². The van der Waals surface area contributed by atoms with E-state index in [0.29, 0.717) is 35.8 Å². The number of ether oxygens (including phenoxy) is 1. The number of pyridine rings is 1. The average Bonchev–Trinajstić information content (AvgIpc) is 3.02. The highest BCUT2D eigenvalue weighted by Gasteiger charge is 2.23. The standard InChI is InChI=1S/C22H24N2O4/c1-3-28-19-10-7-13-24-21(15(2)23-22(19)24)18(25)14-17(11-12-20(26)27)16-8-5-4-6-9-16/h4-10,13,17H,3,11-12,14H2,1-2H3,(H,26,27)/t17-/m1/s1. The molecule has 146 valence electrons. The first kappa shape index (κ1) is 19.6. The molecule has 0 bridgehead atoms. The highest BCUT2D eigenvalue weighted by atomic mass is 16.5. The van der Waals surface area contributed by atoms with Gasteiger partial charge in [-0.25, -0.2) is 4.98 Å². The van der Waals surface area contributed by atoms with Crippen LogP contribution in [0.3, 0.4) is 0 Å². The van der Waals surface area contributed by atoms with Crippen LogP contribution < -0.4 is 4.74 Å². The number of ketones is 1. The molecule has 3 rings (SSSR count). The largest absolute Gasteiger partial charge is 0.490 e. The van der Waals surface area contributed by atoms with E-state index in [4.69, 9.17) is 9.84 Å². The van der Waals surface area contributed by atoms with Crippen molar-refractivity contribution in [3.05, 3.63) is 65.6 Å². The lowest BCUT2D eigenvalue weighted by Crippen LogP contribution is -2.12. The van der Waals surface area contributed by atoms with E-state index >= 15 is 0 Å². The summed E-state index contributed by atoms with van der Waals surface area (Å²) in [4.78, 5) is 28.8. The van der Waals surface area contributed by atoms with Crippen molar-refractivity contribution in [3.8, 4) is 5.75 Å². The van der Waals surface area contributed by atoms with E-state index in [1.165, 1.54) is 0 Å². The Labute approximate surface area is 163 Å². The minimum absolute atomic E-state index is 0.0213. The Morgan fingerprint density at radius 1 is 1.18 bits per heavy atom. The molecule has 0 unspecified atom stereocenters. The van der Waals surface area contributed by atoms with Gasteiger partial charge in [-0.1, -0.05) is 30.3 Å². The molecule has 0 spiro atoms. The average molecular weight is 380 g/mol. The number of carboxylic acids is 1. The van der Waals surface area contributed by atoms with Crippen LogP contribution >= 0.6 is 0 Å². The topological polar surface area (TPSA) is 80.9 Å². The minimum Gasteiger partial charge on any atom is -0.490 e. The van der Waals surface area contributed by atoms with E-state index in [0.717, 1.165) is 5.56 Å². The van der Waals surface area contributed by atoms with Crippen molar-refractivity contribution in [2.24, 2.45) is 0 Å². The summed E-state index contributed by atoms with van der Waals surface area (Å²) in [7, 11) is 0. The van der Waals surface area contributed by atoms with Crippen molar-refractivity contribution in [1.82, 2.24) is 9.38 Å². The predicted molar refractivity (Wildman–Crippen MR) is 106 cm³/mol. The number of rotatable bonds is 9. The number of hydrogen-bond acceptors (Lipinski definition) is 4. The molecule has 1 N–H and O–H groups in total. The normalized spacial score (nSPS) is 12.1. The molecule has 0 fully saturated rings. The van der Waals surface area contributed by atoms with Crippen molar-refractivity contribution in [2.75, 3.05) is 6.61 Å². The van der Waals surface area contributed by atoms with Crippen LogP contribution in [-0.2, 0) is 4.79 Å². The van der Waals surface area contributed by atoms with Crippen molar-refractivity contribution in [2.45, 2.75) is 39.0 Å². The lowest BCUT2D eigenvalue weighted by molar-refractivity contribution is -0.137. The number of carboxylic acid groups (broad SMARTS) is 1. The molecular weight excluding hydrogens is 356 g/mol. The summed E-state index contributed by atoms with van der Waals surface area (Å²) in [5.41, 5.74) is 2.75. The highest BCUT2D eigenvalue weighted by Crippen LogP contribution is 2.29. The van der Waals surface area contributed by atoms with Crippen LogP contribution in [0.1, 0.15) is 53.8 Å². The quantitative estimate of drug-likeness (QED) is 0.561. The minimum atomic E-state index is -0.860. The number of aromatic nitrogens is 2. The van der Waals surface area contributed by atoms with Gasteiger partial charge < -0.3 is 9.84 Å². The monoisotopic (exact) mass is 380 g/mol. The Bertz CT molecular complexity index is 979. The molecule has 3 aromatic rings. The number of hydrogen-bond donors (Lipinski definition) is 1. The van der Waals surface area contributed by atoms with E-state index in [1.807, 2.05) is 56.3 Å². The Morgan fingerprint density at radius 3 is 2.61 bits per heavy atom. The number of nitrogens with zero attached hydrogens (tertiary/aromatic N) is 2. The fourth-order valence-electron chi connectivity index (χ4n) is 3.49. The lowest BCUT2D eigenvalue weighted by atomic mass is 9.88. The van der Waals surface area contributed by atoms with Gasteiger partial charge in [0.2, 0.25) is 0 Å². The molecule has 28 heavy (non-hydrogen) atoms. The zero-order chi connectivity index (χ0) is 20.1. The summed E-state index contributed by atoms with van der Waals surface area (Å²) in [6.07, 6.45) is 2.46. The zero-order valence-electron chi connectivity index (χ0n) is 16.1. The second-order valence-electron chi connectivity index (χ2n) is 6.71. The van der Waals surface area contributed by atoms with Gasteiger partial charge in [0.05, 0.1) is 12.3 Å². The Hall–Kier alpha value is -3.15. The first-order valence-corrected chi connectivity index (χ1v) is 9.41. The molecular formula is C22H24N2O4. The fourth-order valence-corrected chi connectivity index (χ4v) is 3.49. The van der Waals surface area contributed by atoms with Gasteiger partial charge in [0, 0.05) is 19.0 Å². The van der Waals surface area contributed by atoms with Crippen LogP contribution in [0.15, 0.2) is 48.7 Å². The third-order valence-corrected chi connectivity index (χ3v) is 4.76. The number of carbonyl (C=O) groups excluding carboxylic acids is 1. The first-order valence-electron chi connectivity index (χ1n) is 9.41. The summed E-state index contributed by atoms with van der Waals surface area (Å²) in [6.45, 7) is 4.23. The van der Waals surface area contributed by atoms with E-state index in [2.05, 4.69) is 4.98 Å².